The van der Waals surface area contributed by atoms with Crippen LogP contribution in [-0.4, -0.2) is 79.7 Å². The molecule has 7 N–H and O–H groups in total. The number of hydrogen-bond donors (Lipinski definition) is 6. The Kier molecular flexibility index (Phi) is 5.67. The van der Waals surface area contributed by atoms with Crippen LogP contribution in [0.5, 0.6) is 5.75 Å². The van der Waals surface area contributed by atoms with Crippen LogP contribution in [0.15, 0.2) is 29.0 Å². The Bertz CT molecular complexity index is 1270. The number of aliphatic hydroxyl groups excluding tert-OH is 3. The topological polar surface area (TPSA) is 182 Å². The van der Waals surface area contributed by atoms with Crippen LogP contribution >= 0.6 is 0 Å². The van der Waals surface area contributed by atoms with Gasteiger partial charge in [0.1, 0.15) is 22.8 Å². The summed E-state index contributed by atoms with van der Waals surface area (Å²) in [6, 6.07) is 2.06. The molecule has 1 amide bonds. The third-order valence-corrected chi connectivity index (χ3v) is 7.94. The molecule has 0 aromatic heterocycles. The Balaban J connectivity index is 2.07. The number of rotatable bonds is 2. The Morgan fingerprint density at radius 1 is 1.11 bits per heavy atom. The number of nitrogens with two attached hydrogens (primary N) is 1. The molecule has 1 fully saturated rings. The van der Waals surface area contributed by atoms with E-state index in [2.05, 4.69) is 0 Å². The van der Waals surface area contributed by atoms with Crippen molar-refractivity contribution in [2.75, 3.05) is 14.1 Å². The molecule has 0 aliphatic heterocycles. The quantitative estimate of drug-likeness (QED) is 0.320. The van der Waals surface area contributed by atoms with Crippen molar-refractivity contribution in [3.63, 3.8) is 0 Å². The first kappa shape index (κ1) is 25.9. The summed E-state index contributed by atoms with van der Waals surface area (Å²) in [6.07, 6.45) is -1.61. The maximum atomic E-state index is 13.9. The molecule has 1 aromatic carbocycles. The van der Waals surface area contributed by atoms with Gasteiger partial charge in [0.05, 0.1) is 23.6 Å². The number of fused-ring (bicyclic) bond motifs is 3. The lowest BCUT2D eigenvalue weighted by molar-refractivity contribution is -0.169. The second kappa shape index (κ2) is 7.89. The van der Waals surface area contributed by atoms with Gasteiger partial charge in [-0.05, 0) is 31.0 Å². The minimum atomic E-state index is -2.92. The van der Waals surface area contributed by atoms with Gasteiger partial charge in [0.25, 0.3) is 5.91 Å². The van der Waals surface area contributed by atoms with Crippen molar-refractivity contribution >= 4 is 23.2 Å². The minimum Gasteiger partial charge on any atom is -0.508 e. The van der Waals surface area contributed by atoms with Crippen molar-refractivity contribution in [1.29, 1.82) is 0 Å². The van der Waals surface area contributed by atoms with E-state index >= 15 is 0 Å². The van der Waals surface area contributed by atoms with E-state index in [1.54, 1.807) is 19.1 Å². The molecule has 6 atom stereocenters. The Labute approximate surface area is 208 Å². The zero-order chi connectivity index (χ0) is 27.2. The van der Waals surface area contributed by atoms with Crippen molar-refractivity contribution < 1.29 is 39.9 Å². The van der Waals surface area contributed by atoms with E-state index in [1.165, 1.54) is 19.0 Å². The van der Waals surface area contributed by atoms with Crippen LogP contribution in [-0.2, 0) is 19.8 Å². The Morgan fingerprint density at radius 2 is 1.69 bits per heavy atom. The molecule has 0 heterocycles. The van der Waals surface area contributed by atoms with Gasteiger partial charge in [-0.1, -0.05) is 39.8 Å². The first-order valence-electron chi connectivity index (χ1n) is 11.7. The van der Waals surface area contributed by atoms with E-state index in [9.17, 15) is 39.9 Å². The van der Waals surface area contributed by atoms with E-state index < -0.39 is 81.1 Å². The van der Waals surface area contributed by atoms with Crippen LogP contribution in [0.2, 0.25) is 0 Å². The van der Waals surface area contributed by atoms with Gasteiger partial charge >= 0.3 is 0 Å². The Hall–Kier alpha value is -3.21. The molecule has 194 valence electrons. The maximum absolute atomic E-state index is 13.9. The van der Waals surface area contributed by atoms with Crippen LogP contribution in [0.4, 0.5) is 0 Å². The van der Waals surface area contributed by atoms with Crippen molar-refractivity contribution in [2.45, 2.75) is 56.8 Å². The van der Waals surface area contributed by atoms with Crippen LogP contribution in [0.3, 0.4) is 0 Å². The van der Waals surface area contributed by atoms with Crippen LogP contribution < -0.4 is 5.73 Å². The lowest BCUT2D eigenvalue weighted by atomic mass is 9.54. The summed E-state index contributed by atoms with van der Waals surface area (Å²) in [5.41, 5.74) is 1.54. The fraction of sp³-hybridized carbons (Fsp3) is 0.500. The van der Waals surface area contributed by atoms with Gasteiger partial charge in [-0.2, -0.15) is 0 Å². The molecule has 3 aliphatic rings. The first-order chi connectivity index (χ1) is 16.5. The van der Waals surface area contributed by atoms with Gasteiger partial charge in [0, 0.05) is 17.1 Å². The van der Waals surface area contributed by atoms with Gasteiger partial charge in [-0.15, -0.1) is 0 Å². The summed E-state index contributed by atoms with van der Waals surface area (Å²) in [4.78, 5) is 40.5. The molecule has 3 unspecified atom stereocenters. The number of hydrogen-bond acceptors (Lipinski definition) is 9. The van der Waals surface area contributed by atoms with E-state index in [4.69, 9.17) is 5.73 Å². The van der Waals surface area contributed by atoms with E-state index in [0.717, 1.165) is 0 Å². The molecule has 3 aliphatic carbocycles. The highest BCUT2D eigenvalue weighted by molar-refractivity contribution is 6.24. The lowest BCUT2D eigenvalue weighted by Crippen LogP contribution is -2.70. The zero-order valence-electron chi connectivity index (χ0n) is 21.0. The average molecular weight is 501 g/mol. The van der Waals surface area contributed by atoms with Crippen LogP contribution in [0, 0.1) is 11.8 Å². The molecule has 0 saturated heterocycles. The molecule has 1 saturated carbocycles. The third kappa shape index (κ3) is 3.11. The largest absolute Gasteiger partial charge is 0.508 e. The van der Waals surface area contributed by atoms with Crippen molar-refractivity contribution in [3.8, 4) is 5.75 Å². The van der Waals surface area contributed by atoms with E-state index in [1.807, 2.05) is 20.8 Å². The first-order valence-corrected chi connectivity index (χ1v) is 11.7. The van der Waals surface area contributed by atoms with Gasteiger partial charge in [0.15, 0.2) is 11.4 Å². The minimum absolute atomic E-state index is 0.00147. The van der Waals surface area contributed by atoms with Crippen molar-refractivity contribution in [1.82, 2.24) is 4.90 Å². The number of amides is 1. The van der Waals surface area contributed by atoms with Crippen molar-refractivity contribution in [2.24, 2.45) is 17.6 Å². The molecule has 0 spiro atoms. The monoisotopic (exact) mass is 500 g/mol. The summed E-state index contributed by atoms with van der Waals surface area (Å²) in [5, 5.41) is 56.6. The number of phenolic OH excluding ortho intramolecular Hbond substituents is 1. The third-order valence-electron chi connectivity index (χ3n) is 7.94. The summed E-state index contributed by atoms with van der Waals surface area (Å²) in [6.45, 7) is 7.30. The van der Waals surface area contributed by atoms with E-state index in [-0.39, 0.29) is 11.3 Å². The highest BCUT2D eigenvalue weighted by Crippen LogP contribution is 2.56. The molecule has 0 bridgehead atoms. The average Bonchev–Trinajstić information content (AvgIpc) is 2.75. The molecule has 10 nitrogen and oxygen atoms in total. The summed E-state index contributed by atoms with van der Waals surface area (Å²) >= 11 is 0. The molecule has 4 rings (SSSR count). The van der Waals surface area contributed by atoms with Crippen molar-refractivity contribution in [3.05, 3.63) is 45.7 Å². The van der Waals surface area contributed by atoms with Gasteiger partial charge < -0.3 is 31.3 Å². The number of nitrogens with zero attached hydrogens (tertiary/aromatic N) is 1. The zero-order valence-corrected chi connectivity index (χ0v) is 21.0. The highest BCUT2D eigenvalue weighted by Gasteiger charge is 2.68. The predicted octanol–water partition coefficient (Wildman–Crippen LogP) is 0.793. The number of Topliss-reactive ketones (excluding diaryl/α,β-unsaturated/α-hetero) is 2. The number of aromatic hydroxyl groups is 1. The summed E-state index contributed by atoms with van der Waals surface area (Å²) < 4.78 is 0. The molecule has 1 aromatic rings. The second-order valence-corrected chi connectivity index (χ2v) is 11.2. The summed E-state index contributed by atoms with van der Waals surface area (Å²) in [5.74, 6) is -8.85. The molecule has 10 heteroatoms. The van der Waals surface area contributed by atoms with Gasteiger partial charge in [-0.3, -0.25) is 19.3 Å². The molecular weight excluding hydrogens is 468 g/mol. The highest BCUT2D eigenvalue weighted by atomic mass is 16.4. The number of primary amides is 1. The predicted molar refractivity (Wildman–Crippen MR) is 129 cm³/mol. The molecule has 36 heavy (non-hydrogen) atoms. The summed E-state index contributed by atoms with van der Waals surface area (Å²) in [7, 11) is 2.94. The SMILES string of the molecule is C[C@H]1c2ccc(C(C)(C)C)c(O)c2C(O)=C2C(=O)[C@]3(O)C(O)=C(C(N)=O)C(=O)[C@@H](N(C)C)C3C(O)C21. The standard InChI is InChI=1S/C26H32N2O8/c1-9-10-7-8-11(25(2,3)4)18(29)13(10)19(30)14-12(9)20(31)16-17(28(5)6)21(32)15(24(27)35)23(34)26(16,36)22(14)33/h7-9,12,16-17,20,29-31,34,36H,1-6H3,(H2,27,35)/t9-,12?,16?,17-,20?,26-/m0/s1. The number of likely N-dealkylation sites (N-methyl/N-ethyl adjacent to an activating group) is 1. The van der Waals surface area contributed by atoms with Gasteiger partial charge in [0.2, 0.25) is 5.78 Å². The number of carbonyl (C=O) groups is 3. The number of aliphatic hydroxyl groups is 4. The lowest BCUT2D eigenvalue weighted by Gasteiger charge is -2.53. The van der Waals surface area contributed by atoms with Crippen LogP contribution in [0.1, 0.15) is 50.3 Å². The maximum Gasteiger partial charge on any atom is 0.255 e. The smallest absolute Gasteiger partial charge is 0.255 e. The fourth-order valence-electron chi connectivity index (χ4n) is 6.22. The van der Waals surface area contributed by atoms with Crippen LogP contribution in [0.25, 0.3) is 5.76 Å². The van der Waals surface area contributed by atoms with E-state index in [0.29, 0.717) is 11.1 Å². The number of ketones is 2. The van der Waals surface area contributed by atoms with Gasteiger partial charge in [-0.25, -0.2) is 0 Å². The number of benzene rings is 1. The molecule has 0 radical (unpaired) electrons. The number of phenols is 1. The Morgan fingerprint density at radius 3 is 2.19 bits per heavy atom. The molecular formula is C26H32N2O8. The number of carbonyl (C=O) groups excluding carboxylic acids is 3. The normalized spacial score (nSPS) is 32.4. The second-order valence-electron chi connectivity index (χ2n) is 11.2. The fourth-order valence-corrected chi connectivity index (χ4v) is 6.22.